The highest BCUT2D eigenvalue weighted by atomic mass is 35.5. The van der Waals surface area contributed by atoms with E-state index in [4.69, 9.17) is 21.1 Å². The van der Waals surface area contributed by atoms with Crippen molar-refractivity contribution in [3.05, 3.63) is 52.5 Å². The Labute approximate surface area is 150 Å². The summed E-state index contributed by atoms with van der Waals surface area (Å²) in [5.41, 5.74) is 0.411. The molecule has 4 aromatic rings. The highest BCUT2D eigenvalue weighted by molar-refractivity contribution is 7.22. The molecular weight excluding hydrogens is 366 g/mol. The second kappa shape index (κ2) is 6.05. The van der Waals surface area contributed by atoms with E-state index in [2.05, 4.69) is 4.98 Å². The smallest absolute Gasteiger partial charge is 0.309 e. The SMILES string of the molecule is O=C(O)Cc1nc(-c2cc3ccccc3s2)oc1-c1ccc(Cl)s1. The molecule has 0 radical (unpaired) electrons. The van der Waals surface area contributed by atoms with Crippen LogP contribution in [0.2, 0.25) is 4.34 Å². The Hall–Kier alpha value is -2.15. The van der Waals surface area contributed by atoms with Crippen LogP contribution < -0.4 is 0 Å². The van der Waals surface area contributed by atoms with Gasteiger partial charge >= 0.3 is 5.97 Å². The third-order valence-electron chi connectivity index (χ3n) is 3.45. The Morgan fingerprint density at radius 3 is 2.71 bits per heavy atom. The molecule has 4 rings (SSSR count). The van der Waals surface area contributed by atoms with Gasteiger partial charge in [-0.25, -0.2) is 4.98 Å². The third-order valence-corrected chi connectivity index (χ3v) is 5.78. The maximum Gasteiger partial charge on any atom is 0.309 e. The summed E-state index contributed by atoms with van der Waals surface area (Å²) >= 11 is 8.89. The summed E-state index contributed by atoms with van der Waals surface area (Å²) in [7, 11) is 0. The van der Waals surface area contributed by atoms with E-state index >= 15 is 0 Å². The molecule has 1 aromatic carbocycles. The Kier molecular flexibility index (Phi) is 3.88. The molecule has 0 unspecified atom stereocenters. The number of thiophene rings is 2. The number of carboxylic acids is 1. The number of carbonyl (C=O) groups is 1. The highest BCUT2D eigenvalue weighted by Gasteiger charge is 2.21. The molecule has 0 spiro atoms. The van der Waals surface area contributed by atoms with Gasteiger partial charge in [0.15, 0.2) is 5.76 Å². The second-order valence-corrected chi connectivity index (χ2v) is 7.92. The van der Waals surface area contributed by atoms with E-state index in [0.717, 1.165) is 19.8 Å². The predicted molar refractivity (Wildman–Crippen MR) is 97.0 cm³/mol. The lowest BCUT2D eigenvalue weighted by atomic mass is 10.2. The van der Waals surface area contributed by atoms with Crippen LogP contribution in [-0.2, 0) is 11.2 Å². The van der Waals surface area contributed by atoms with Gasteiger partial charge in [0, 0.05) is 4.70 Å². The van der Waals surface area contributed by atoms with Crippen molar-refractivity contribution in [2.75, 3.05) is 0 Å². The van der Waals surface area contributed by atoms with Crippen molar-refractivity contribution in [2.45, 2.75) is 6.42 Å². The maximum atomic E-state index is 11.1. The van der Waals surface area contributed by atoms with Crippen molar-refractivity contribution in [2.24, 2.45) is 0 Å². The van der Waals surface area contributed by atoms with E-state index in [1.807, 2.05) is 36.4 Å². The van der Waals surface area contributed by atoms with Crippen molar-refractivity contribution in [1.82, 2.24) is 4.98 Å². The lowest BCUT2D eigenvalue weighted by Gasteiger charge is -1.94. The van der Waals surface area contributed by atoms with Gasteiger partial charge in [0.1, 0.15) is 0 Å². The van der Waals surface area contributed by atoms with Crippen molar-refractivity contribution in [3.8, 4) is 21.4 Å². The van der Waals surface area contributed by atoms with Crippen LogP contribution in [0.3, 0.4) is 0 Å². The number of aromatic nitrogens is 1. The average Bonchev–Trinajstić information content (AvgIpc) is 3.23. The molecule has 0 saturated heterocycles. The van der Waals surface area contributed by atoms with E-state index < -0.39 is 5.97 Å². The Morgan fingerprint density at radius 2 is 2.00 bits per heavy atom. The van der Waals surface area contributed by atoms with Crippen LogP contribution in [0, 0.1) is 0 Å². The van der Waals surface area contributed by atoms with Crippen molar-refractivity contribution in [3.63, 3.8) is 0 Å². The molecule has 3 aromatic heterocycles. The number of hydrogen-bond acceptors (Lipinski definition) is 5. The number of oxazole rings is 1. The summed E-state index contributed by atoms with van der Waals surface area (Å²) < 4.78 is 7.67. The summed E-state index contributed by atoms with van der Waals surface area (Å²) in [4.78, 5) is 17.2. The molecule has 120 valence electrons. The fourth-order valence-electron chi connectivity index (χ4n) is 2.44. The molecule has 0 aliphatic heterocycles. The number of carboxylic acid groups (broad SMARTS) is 1. The lowest BCUT2D eigenvalue weighted by molar-refractivity contribution is -0.136. The number of benzene rings is 1. The second-order valence-electron chi connectivity index (χ2n) is 5.12. The topological polar surface area (TPSA) is 63.3 Å². The number of halogens is 1. The van der Waals surface area contributed by atoms with Crippen LogP contribution in [0.1, 0.15) is 5.69 Å². The predicted octanol–water partition coefficient (Wildman–Crippen LogP) is 5.57. The van der Waals surface area contributed by atoms with Crippen LogP contribution >= 0.6 is 34.3 Å². The van der Waals surface area contributed by atoms with E-state index in [9.17, 15) is 4.79 Å². The third kappa shape index (κ3) is 2.84. The first-order valence-corrected chi connectivity index (χ1v) is 9.07. The fourth-order valence-corrected chi connectivity index (χ4v) is 4.47. The minimum absolute atomic E-state index is 0.195. The zero-order valence-corrected chi connectivity index (χ0v) is 14.5. The molecule has 0 amide bonds. The van der Waals surface area contributed by atoms with Crippen LogP contribution in [0.5, 0.6) is 0 Å². The van der Waals surface area contributed by atoms with Crippen molar-refractivity contribution < 1.29 is 14.3 Å². The van der Waals surface area contributed by atoms with Gasteiger partial charge in [-0.15, -0.1) is 22.7 Å². The minimum atomic E-state index is -0.949. The van der Waals surface area contributed by atoms with Gasteiger partial charge in [0.05, 0.1) is 26.2 Å². The van der Waals surface area contributed by atoms with Gasteiger partial charge in [0.25, 0.3) is 0 Å². The van der Waals surface area contributed by atoms with Gasteiger partial charge in [0.2, 0.25) is 5.89 Å². The summed E-state index contributed by atoms with van der Waals surface area (Å²) in [6, 6.07) is 13.6. The molecule has 0 aliphatic carbocycles. The van der Waals surface area contributed by atoms with Crippen LogP contribution in [0.15, 0.2) is 46.9 Å². The zero-order valence-electron chi connectivity index (χ0n) is 12.2. The summed E-state index contributed by atoms with van der Waals surface area (Å²) in [5.74, 6) is -0.0381. The number of nitrogens with zero attached hydrogens (tertiary/aromatic N) is 1. The van der Waals surface area contributed by atoms with Gasteiger partial charge in [-0.3, -0.25) is 4.79 Å². The molecule has 24 heavy (non-hydrogen) atoms. The van der Waals surface area contributed by atoms with Gasteiger partial charge in [-0.1, -0.05) is 29.8 Å². The van der Waals surface area contributed by atoms with Gasteiger partial charge in [-0.2, -0.15) is 0 Å². The molecule has 0 aliphatic rings. The monoisotopic (exact) mass is 375 g/mol. The summed E-state index contributed by atoms with van der Waals surface area (Å²) in [6.07, 6.45) is -0.195. The Bertz CT molecular complexity index is 1010. The van der Waals surface area contributed by atoms with E-state index in [-0.39, 0.29) is 6.42 Å². The number of hydrogen-bond donors (Lipinski definition) is 1. The molecule has 3 heterocycles. The van der Waals surface area contributed by atoms with Crippen molar-refractivity contribution in [1.29, 1.82) is 0 Å². The quantitative estimate of drug-likeness (QED) is 0.506. The first-order valence-electron chi connectivity index (χ1n) is 7.06. The number of rotatable bonds is 4. The fraction of sp³-hybridized carbons (Fsp3) is 0.0588. The molecule has 7 heteroatoms. The number of aliphatic carboxylic acids is 1. The maximum absolute atomic E-state index is 11.1. The average molecular weight is 376 g/mol. The molecule has 1 N–H and O–H groups in total. The van der Waals surface area contributed by atoms with Crippen LogP contribution in [0.25, 0.3) is 31.5 Å². The first kappa shape index (κ1) is 15.4. The Morgan fingerprint density at radius 1 is 1.17 bits per heavy atom. The summed E-state index contributed by atoms with van der Waals surface area (Å²) in [5, 5.41) is 10.2. The molecule has 0 atom stereocenters. The standard InChI is InChI=1S/C17H10ClNO3S2/c18-14-6-5-12(24-14)16-10(8-15(20)21)19-17(22-16)13-7-9-3-1-2-4-11(9)23-13/h1-7H,8H2,(H,20,21). The molecule has 0 fully saturated rings. The largest absolute Gasteiger partial charge is 0.481 e. The van der Waals surface area contributed by atoms with Gasteiger partial charge in [-0.05, 0) is 29.7 Å². The molecular formula is C17H10ClNO3S2. The minimum Gasteiger partial charge on any atom is -0.481 e. The summed E-state index contributed by atoms with van der Waals surface area (Å²) in [6.45, 7) is 0. The first-order chi connectivity index (χ1) is 11.6. The number of fused-ring (bicyclic) bond motifs is 1. The van der Waals surface area contributed by atoms with E-state index in [1.54, 1.807) is 17.4 Å². The Balaban J connectivity index is 1.84. The van der Waals surface area contributed by atoms with E-state index in [1.165, 1.54) is 11.3 Å². The zero-order chi connectivity index (χ0) is 16.7. The molecule has 0 bridgehead atoms. The normalized spacial score (nSPS) is 11.2. The highest BCUT2D eigenvalue weighted by Crippen LogP contribution is 2.39. The molecule has 0 saturated carbocycles. The van der Waals surface area contributed by atoms with Crippen LogP contribution in [-0.4, -0.2) is 16.1 Å². The van der Waals surface area contributed by atoms with Crippen LogP contribution in [0.4, 0.5) is 0 Å². The van der Waals surface area contributed by atoms with Gasteiger partial charge < -0.3 is 9.52 Å². The lowest BCUT2D eigenvalue weighted by Crippen LogP contribution is -2.01. The van der Waals surface area contributed by atoms with E-state index in [0.29, 0.717) is 21.7 Å². The van der Waals surface area contributed by atoms with Crippen molar-refractivity contribution >= 4 is 50.3 Å². The molecule has 4 nitrogen and oxygen atoms in total.